The molecule has 0 aromatic rings. The van der Waals surface area contributed by atoms with E-state index in [1.54, 1.807) is 0 Å². The molecule has 0 aromatic heterocycles. The molecule has 2 fully saturated rings. The molecule has 1 saturated carbocycles. The van der Waals surface area contributed by atoms with Crippen molar-refractivity contribution in [1.82, 2.24) is 4.90 Å². The number of hydrogen-bond donors (Lipinski definition) is 1. The summed E-state index contributed by atoms with van der Waals surface area (Å²) in [6, 6.07) is 2.25. The van der Waals surface area contributed by atoms with Crippen LogP contribution in [-0.2, 0) is 0 Å². The van der Waals surface area contributed by atoms with Crippen LogP contribution < -0.4 is 0 Å². The predicted octanol–water partition coefficient (Wildman–Crippen LogP) is 0.357. The quantitative estimate of drug-likeness (QED) is 0.658. The monoisotopic (exact) mass is 166 g/mol. The molecule has 2 rings (SSSR count). The molecule has 12 heavy (non-hydrogen) atoms. The fourth-order valence-corrected chi connectivity index (χ4v) is 1.88. The standard InChI is InChI=1S/C9H14N2O/c10-4-3-9(1-2-9)7-11-5-8(12)6-11/h8,12H,1-3,5-7H2. The number of aliphatic hydroxyl groups excluding tert-OH is 1. The minimum absolute atomic E-state index is 0.108. The molecule has 0 radical (unpaired) electrons. The first kappa shape index (κ1) is 8.03. The van der Waals surface area contributed by atoms with Crippen molar-refractivity contribution in [2.24, 2.45) is 5.41 Å². The highest BCUT2D eigenvalue weighted by Gasteiger charge is 2.45. The molecule has 66 valence electrons. The SMILES string of the molecule is N#CCC1(CN2CC(O)C2)CC1. The number of rotatable bonds is 3. The molecular weight excluding hydrogens is 152 g/mol. The van der Waals surface area contributed by atoms with Gasteiger partial charge in [0.25, 0.3) is 0 Å². The second-order valence-electron chi connectivity index (χ2n) is 4.18. The lowest BCUT2D eigenvalue weighted by Gasteiger charge is -2.38. The van der Waals surface area contributed by atoms with Gasteiger partial charge in [0, 0.05) is 26.1 Å². The van der Waals surface area contributed by atoms with Crippen molar-refractivity contribution in [2.75, 3.05) is 19.6 Å². The van der Waals surface area contributed by atoms with Crippen molar-refractivity contribution < 1.29 is 5.11 Å². The van der Waals surface area contributed by atoms with E-state index in [4.69, 9.17) is 10.4 Å². The molecule has 0 bridgehead atoms. The lowest BCUT2D eigenvalue weighted by molar-refractivity contribution is -0.00882. The zero-order valence-corrected chi connectivity index (χ0v) is 7.16. The molecule has 3 nitrogen and oxygen atoms in total. The number of nitriles is 1. The second kappa shape index (κ2) is 2.72. The van der Waals surface area contributed by atoms with Gasteiger partial charge in [-0.1, -0.05) is 0 Å². The van der Waals surface area contributed by atoms with E-state index in [1.165, 1.54) is 12.8 Å². The fourth-order valence-electron chi connectivity index (χ4n) is 1.88. The summed E-state index contributed by atoms with van der Waals surface area (Å²) in [6.45, 7) is 2.65. The first-order valence-corrected chi connectivity index (χ1v) is 4.51. The topological polar surface area (TPSA) is 47.3 Å². The summed E-state index contributed by atoms with van der Waals surface area (Å²) in [6.07, 6.45) is 2.99. The number of aliphatic hydroxyl groups is 1. The van der Waals surface area contributed by atoms with Gasteiger partial charge in [-0.05, 0) is 18.3 Å². The average molecular weight is 166 g/mol. The van der Waals surface area contributed by atoms with Crippen LogP contribution in [0.25, 0.3) is 0 Å². The highest BCUT2D eigenvalue weighted by molar-refractivity contribution is 5.02. The lowest BCUT2D eigenvalue weighted by atomic mass is 10.0. The van der Waals surface area contributed by atoms with E-state index in [9.17, 15) is 0 Å². The van der Waals surface area contributed by atoms with Gasteiger partial charge >= 0.3 is 0 Å². The van der Waals surface area contributed by atoms with Gasteiger partial charge in [0.1, 0.15) is 0 Å². The molecule has 1 N–H and O–H groups in total. The van der Waals surface area contributed by atoms with E-state index in [2.05, 4.69) is 11.0 Å². The Morgan fingerprint density at radius 1 is 1.50 bits per heavy atom. The summed E-state index contributed by atoms with van der Waals surface area (Å²) in [5, 5.41) is 17.6. The molecule has 1 aliphatic heterocycles. The number of nitrogens with zero attached hydrogens (tertiary/aromatic N) is 2. The molecule has 0 unspecified atom stereocenters. The van der Waals surface area contributed by atoms with Crippen molar-refractivity contribution in [3.05, 3.63) is 0 Å². The van der Waals surface area contributed by atoms with Crippen LogP contribution in [0.2, 0.25) is 0 Å². The van der Waals surface area contributed by atoms with E-state index in [-0.39, 0.29) is 6.10 Å². The number of hydrogen-bond acceptors (Lipinski definition) is 3. The molecular formula is C9H14N2O. The van der Waals surface area contributed by atoms with Crippen LogP contribution in [0.15, 0.2) is 0 Å². The van der Waals surface area contributed by atoms with Gasteiger partial charge in [-0.25, -0.2) is 0 Å². The van der Waals surface area contributed by atoms with Gasteiger partial charge in [-0.2, -0.15) is 5.26 Å². The van der Waals surface area contributed by atoms with Crippen LogP contribution in [0.4, 0.5) is 0 Å². The minimum Gasteiger partial charge on any atom is -0.390 e. The normalized spacial score (nSPS) is 27.7. The first-order valence-electron chi connectivity index (χ1n) is 4.51. The maximum atomic E-state index is 9.06. The Kier molecular flexibility index (Phi) is 1.82. The van der Waals surface area contributed by atoms with Gasteiger partial charge in [0.2, 0.25) is 0 Å². The zero-order valence-electron chi connectivity index (χ0n) is 7.16. The Hall–Kier alpha value is -0.590. The maximum Gasteiger partial charge on any atom is 0.0793 e. The minimum atomic E-state index is -0.108. The Balaban J connectivity index is 1.76. The van der Waals surface area contributed by atoms with E-state index >= 15 is 0 Å². The zero-order chi connectivity index (χ0) is 8.60. The molecule has 0 atom stereocenters. The molecule has 1 heterocycles. The number of likely N-dealkylation sites (tertiary alicyclic amines) is 1. The predicted molar refractivity (Wildman–Crippen MR) is 44.3 cm³/mol. The smallest absolute Gasteiger partial charge is 0.0793 e. The Morgan fingerprint density at radius 3 is 2.58 bits per heavy atom. The molecule has 0 amide bonds. The third-order valence-corrected chi connectivity index (χ3v) is 2.91. The summed E-state index contributed by atoms with van der Waals surface area (Å²) < 4.78 is 0. The summed E-state index contributed by atoms with van der Waals surface area (Å²) in [7, 11) is 0. The Bertz CT molecular complexity index is 211. The second-order valence-corrected chi connectivity index (χ2v) is 4.18. The lowest BCUT2D eigenvalue weighted by Crippen LogP contribution is -2.52. The van der Waals surface area contributed by atoms with Crippen LogP contribution in [0, 0.1) is 16.7 Å². The summed E-state index contributed by atoms with van der Waals surface area (Å²) in [5.41, 5.74) is 0.314. The van der Waals surface area contributed by atoms with Crippen LogP contribution in [0.1, 0.15) is 19.3 Å². The van der Waals surface area contributed by atoms with Crippen LogP contribution in [0.3, 0.4) is 0 Å². The Morgan fingerprint density at radius 2 is 2.17 bits per heavy atom. The van der Waals surface area contributed by atoms with Gasteiger partial charge < -0.3 is 5.11 Å². The van der Waals surface area contributed by atoms with Crippen LogP contribution in [-0.4, -0.2) is 35.7 Å². The molecule has 0 spiro atoms. The maximum absolute atomic E-state index is 9.06. The van der Waals surface area contributed by atoms with Crippen molar-refractivity contribution in [2.45, 2.75) is 25.4 Å². The van der Waals surface area contributed by atoms with E-state index < -0.39 is 0 Å². The van der Waals surface area contributed by atoms with Gasteiger partial charge in [-0.3, -0.25) is 4.90 Å². The van der Waals surface area contributed by atoms with Crippen LogP contribution in [0.5, 0.6) is 0 Å². The van der Waals surface area contributed by atoms with Crippen molar-refractivity contribution in [1.29, 1.82) is 5.26 Å². The Labute approximate surface area is 72.6 Å². The average Bonchev–Trinajstić information content (AvgIpc) is 2.67. The summed E-state index contributed by atoms with van der Waals surface area (Å²) >= 11 is 0. The molecule has 1 aliphatic carbocycles. The van der Waals surface area contributed by atoms with E-state index in [1.807, 2.05) is 0 Å². The highest BCUT2D eigenvalue weighted by atomic mass is 16.3. The highest BCUT2D eigenvalue weighted by Crippen LogP contribution is 2.49. The van der Waals surface area contributed by atoms with E-state index in [0.29, 0.717) is 11.8 Å². The fraction of sp³-hybridized carbons (Fsp3) is 0.889. The van der Waals surface area contributed by atoms with Gasteiger partial charge in [0.15, 0.2) is 0 Å². The first-order chi connectivity index (χ1) is 5.74. The molecule has 1 saturated heterocycles. The molecule has 2 aliphatic rings. The third kappa shape index (κ3) is 1.45. The largest absolute Gasteiger partial charge is 0.390 e. The van der Waals surface area contributed by atoms with Gasteiger partial charge in [-0.15, -0.1) is 0 Å². The number of β-amino-alcohol motifs (C(OH)–C–C–N with tert-alkyl or cyclic N) is 1. The van der Waals surface area contributed by atoms with Crippen molar-refractivity contribution >= 4 is 0 Å². The van der Waals surface area contributed by atoms with E-state index in [0.717, 1.165) is 19.6 Å². The van der Waals surface area contributed by atoms with Gasteiger partial charge in [0.05, 0.1) is 12.2 Å². The molecule has 0 aromatic carbocycles. The van der Waals surface area contributed by atoms with Crippen molar-refractivity contribution in [3.63, 3.8) is 0 Å². The van der Waals surface area contributed by atoms with Crippen LogP contribution >= 0.6 is 0 Å². The third-order valence-electron chi connectivity index (χ3n) is 2.91. The van der Waals surface area contributed by atoms with Crippen molar-refractivity contribution in [3.8, 4) is 6.07 Å². The molecule has 3 heteroatoms. The summed E-state index contributed by atoms with van der Waals surface area (Å²) in [5.74, 6) is 0. The summed E-state index contributed by atoms with van der Waals surface area (Å²) in [4.78, 5) is 2.25.